The second-order valence-electron chi connectivity index (χ2n) is 3.07. The summed E-state index contributed by atoms with van der Waals surface area (Å²) in [4.78, 5) is 1.99. The van der Waals surface area contributed by atoms with Crippen molar-refractivity contribution >= 4 is 32.6 Å². The van der Waals surface area contributed by atoms with Crippen LogP contribution in [0.5, 0.6) is 0 Å². The lowest BCUT2D eigenvalue weighted by molar-refractivity contribution is 0.152. The van der Waals surface area contributed by atoms with Gasteiger partial charge in [0, 0.05) is 19.7 Å². The fraction of sp³-hybridized carbons (Fsp3) is 1.00. The lowest BCUT2D eigenvalue weighted by atomic mass is 10.2. The number of aliphatic hydroxyl groups is 1. The van der Waals surface area contributed by atoms with Crippen LogP contribution in [0.1, 0.15) is 6.42 Å². The largest absolute Gasteiger partial charge is 0.396 e. The highest BCUT2D eigenvalue weighted by atomic mass is 127. The van der Waals surface area contributed by atoms with Crippen molar-refractivity contribution < 1.29 is 13.5 Å². The average Bonchev–Trinajstić information content (AvgIpc) is 2.00. The van der Waals surface area contributed by atoms with Crippen LogP contribution in [0.4, 0.5) is 0 Å². The maximum Gasteiger partial charge on any atom is 0.215 e. The van der Waals surface area contributed by atoms with Crippen molar-refractivity contribution in [3.8, 4) is 0 Å². The number of nitrogens with zero attached hydrogens (tertiary/aromatic N) is 1. The van der Waals surface area contributed by atoms with Crippen LogP contribution in [0.2, 0.25) is 0 Å². The lowest BCUT2D eigenvalue weighted by Crippen LogP contribution is -2.61. The Morgan fingerprint density at radius 3 is 2.62 bits per heavy atom. The Hall–Kier alpha value is 0.560. The molecule has 3 N–H and O–H groups in total. The molecule has 0 saturated carbocycles. The standard InChI is InChI=1S/C6H13IN2O3S/c7-6-5(13(8,11)12)4-9(6)2-1-3-10/h5-6,10H,1-4H2,(H2,8,11,12). The molecule has 1 saturated heterocycles. The molecule has 1 heterocycles. The predicted octanol–water partition coefficient (Wildman–Crippen LogP) is -0.897. The summed E-state index contributed by atoms with van der Waals surface area (Å²) in [5.41, 5.74) is 0. The van der Waals surface area contributed by atoms with Gasteiger partial charge in [-0.15, -0.1) is 0 Å². The minimum absolute atomic E-state index is 0.0425. The molecule has 13 heavy (non-hydrogen) atoms. The second-order valence-corrected chi connectivity index (χ2v) is 6.13. The molecule has 78 valence electrons. The fourth-order valence-corrected chi connectivity index (χ4v) is 4.11. The van der Waals surface area contributed by atoms with Crippen LogP contribution in [0.15, 0.2) is 0 Å². The van der Waals surface area contributed by atoms with Gasteiger partial charge in [0.05, 0.1) is 4.05 Å². The Morgan fingerprint density at radius 1 is 1.62 bits per heavy atom. The highest BCUT2D eigenvalue weighted by Gasteiger charge is 2.43. The van der Waals surface area contributed by atoms with Gasteiger partial charge in [-0.1, -0.05) is 22.6 Å². The van der Waals surface area contributed by atoms with Crippen LogP contribution in [0.3, 0.4) is 0 Å². The maximum absolute atomic E-state index is 10.9. The molecule has 2 atom stereocenters. The van der Waals surface area contributed by atoms with Crippen LogP contribution in [0.25, 0.3) is 0 Å². The number of sulfonamides is 1. The van der Waals surface area contributed by atoms with Crippen molar-refractivity contribution in [2.45, 2.75) is 15.7 Å². The highest BCUT2D eigenvalue weighted by Crippen LogP contribution is 2.28. The molecule has 0 aromatic rings. The smallest absolute Gasteiger partial charge is 0.215 e. The molecule has 1 aliphatic heterocycles. The van der Waals surface area contributed by atoms with Gasteiger partial charge in [0.15, 0.2) is 0 Å². The monoisotopic (exact) mass is 320 g/mol. The van der Waals surface area contributed by atoms with Gasteiger partial charge in [0.2, 0.25) is 10.0 Å². The van der Waals surface area contributed by atoms with Gasteiger partial charge in [-0.05, 0) is 6.42 Å². The zero-order valence-electron chi connectivity index (χ0n) is 7.06. The summed E-state index contributed by atoms with van der Waals surface area (Å²) in [6.45, 7) is 1.36. The SMILES string of the molecule is NS(=O)(=O)C1CN(CCCO)C1I. The molecule has 7 heteroatoms. The van der Waals surface area contributed by atoms with E-state index < -0.39 is 15.3 Å². The van der Waals surface area contributed by atoms with Crippen molar-refractivity contribution in [1.29, 1.82) is 0 Å². The van der Waals surface area contributed by atoms with Gasteiger partial charge in [-0.3, -0.25) is 4.90 Å². The van der Waals surface area contributed by atoms with Crippen molar-refractivity contribution in [2.24, 2.45) is 5.14 Å². The third-order valence-electron chi connectivity index (χ3n) is 2.10. The van der Waals surface area contributed by atoms with E-state index in [1.165, 1.54) is 0 Å². The Kier molecular flexibility index (Phi) is 3.93. The third-order valence-corrected chi connectivity index (χ3v) is 5.49. The second kappa shape index (κ2) is 4.39. The van der Waals surface area contributed by atoms with Gasteiger partial charge in [0.1, 0.15) is 5.25 Å². The Balaban J connectivity index is 2.39. The first-order valence-electron chi connectivity index (χ1n) is 3.97. The van der Waals surface area contributed by atoms with Crippen LogP contribution in [0, 0.1) is 0 Å². The van der Waals surface area contributed by atoms with Gasteiger partial charge in [-0.25, -0.2) is 13.6 Å². The lowest BCUT2D eigenvalue weighted by Gasteiger charge is -2.43. The number of hydrogen-bond donors (Lipinski definition) is 2. The van der Waals surface area contributed by atoms with Crippen LogP contribution < -0.4 is 5.14 Å². The number of halogens is 1. The van der Waals surface area contributed by atoms with E-state index in [0.29, 0.717) is 13.0 Å². The molecule has 1 rings (SSSR count). The zero-order valence-corrected chi connectivity index (χ0v) is 10.0. The summed E-state index contributed by atoms with van der Waals surface area (Å²) < 4.78 is 21.8. The van der Waals surface area contributed by atoms with Crippen molar-refractivity contribution in [3.63, 3.8) is 0 Å². The van der Waals surface area contributed by atoms with Crippen molar-refractivity contribution in [2.75, 3.05) is 19.7 Å². The first kappa shape index (κ1) is 11.6. The molecular formula is C6H13IN2O3S. The molecule has 1 aliphatic rings. The molecular weight excluding hydrogens is 307 g/mol. The van der Waals surface area contributed by atoms with E-state index in [1.54, 1.807) is 0 Å². The summed E-state index contributed by atoms with van der Waals surface area (Å²) in [7, 11) is -3.38. The number of primary sulfonamides is 1. The molecule has 0 bridgehead atoms. The minimum atomic E-state index is -3.38. The average molecular weight is 320 g/mol. The van der Waals surface area contributed by atoms with Gasteiger partial charge < -0.3 is 5.11 Å². The number of hydrogen-bond acceptors (Lipinski definition) is 4. The molecule has 0 aromatic carbocycles. The topological polar surface area (TPSA) is 83.6 Å². The maximum atomic E-state index is 10.9. The molecule has 0 amide bonds. The number of likely N-dealkylation sites (tertiary alicyclic amines) is 1. The summed E-state index contributed by atoms with van der Waals surface area (Å²) in [5, 5.41) is 13.1. The van der Waals surface area contributed by atoms with E-state index in [0.717, 1.165) is 6.54 Å². The first-order valence-corrected chi connectivity index (χ1v) is 6.83. The summed E-state index contributed by atoms with van der Waals surface area (Å²) in [6.07, 6.45) is 0.677. The predicted molar refractivity (Wildman–Crippen MR) is 58.0 cm³/mol. The van der Waals surface area contributed by atoms with Crippen LogP contribution >= 0.6 is 22.6 Å². The molecule has 2 unspecified atom stereocenters. The first-order chi connectivity index (χ1) is 5.96. The molecule has 0 aromatic heterocycles. The summed E-state index contributed by atoms with van der Waals surface area (Å²) >= 11 is 2.07. The van der Waals surface area contributed by atoms with Gasteiger partial charge in [-0.2, -0.15) is 0 Å². The summed E-state index contributed by atoms with van der Waals surface area (Å²) in [5.74, 6) is 0. The zero-order chi connectivity index (χ0) is 10.1. The Labute approximate surface area is 91.5 Å². The molecule has 5 nitrogen and oxygen atoms in total. The van der Waals surface area contributed by atoms with E-state index in [1.807, 2.05) is 4.90 Å². The number of aliphatic hydroxyl groups excluding tert-OH is 1. The van der Waals surface area contributed by atoms with E-state index in [-0.39, 0.29) is 10.7 Å². The van der Waals surface area contributed by atoms with Gasteiger partial charge in [0.25, 0.3) is 0 Å². The van der Waals surface area contributed by atoms with Crippen LogP contribution in [-0.2, 0) is 10.0 Å². The highest BCUT2D eigenvalue weighted by molar-refractivity contribution is 14.1. The van der Waals surface area contributed by atoms with E-state index in [4.69, 9.17) is 10.2 Å². The Morgan fingerprint density at radius 2 is 2.23 bits per heavy atom. The molecule has 1 fully saturated rings. The number of alkyl halides is 1. The normalized spacial score (nSPS) is 30.1. The van der Waals surface area contributed by atoms with E-state index in [2.05, 4.69) is 22.6 Å². The quantitative estimate of drug-likeness (QED) is 0.400. The van der Waals surface area contributed by atoms with Crippen LogP contribution in [-0.4, -0.2) is 47.4 Å². The summed E-state index contributed by atoms with van der Waals surface area (Å²) in [6, 6.07) is 0. The van der Waals surface area contributed by atoms with E-state index >= 15 is 0 Å². The van der Waals surface area contributed by atoms with Gasteiger partial charge >= 0.3 is 0 Å². The number of nitrogens with two attached hydrogens (primary N) is 1. The molecule has 0 radical (unpaired) electrons. The minimum Gasteiger partial charge on any atom is -0.396 e. The number of rotatable bonds is 4. The van der Waals surface area contributed by atoms with Crippen molar-refractivity contribution in [1.82, 2.24) is 4.90 Å². The molecule has 0 aliphatic carbocycles. The Bertz CT molecular complexity index is 269. The third kappa shape index (κ3) is 2.75. The van der Waals surface area contributed by atoms with Crippen molar-refractivity contribution in [3.05, 3.63) is 0 Å². The molecule has 0 spiro atoms. The van der Waals surface area contributed by atoms with E-state index in [9.17, 15) is 8.42 Å². The fourth-order valence-electron chi connectivity index (χ4n) is 1.26.